The predicted molar refractivity (Wildman–Crippen MR) is 148 cm³/mol. The van der Waals surface area contributed by atoms with Crippen LogP contribution in [-0.4, -0.2) is 55.6 Å². The van der Waals surface area contributed by atoms with Gasteiger partial charge in [0.05, 0.1) is 18.0 Å². The standard InChI is InChI=1S/C30H34N4O2/c1-21-14-17-34(28-8-5-4-7-27(28)32-21)30(35)24-9-11-25(29(20-24)36-18-6-16-33(2)3)22-10-12-26-23(19-22)13-15-31-26/h4-5,7-13,15,19-21,31-32H,6,14,16-18H2,1-3H3/t21-/m0/s1. The maximum absolute atomic E-state index is 13.8. The van der Waals surface area contributed by atoms with Gasteiger partial charge in [-0.25, -0.2) is 0 Å². The van der Waals surface area contributed by atoms with Gasteiger partial charge in [-0.3, -0.25) is 4.79 Å². The van der Waals surface area contributed by atoms with Crippen LogP contribution in [0.5, 0.6) is 5.75 Å². The first-order valence-corrected chi connectivity index (χ1v) is 12.7. The molecule has 1 aliphatic heterocycles. The second-order valence-corrected chi connectivity index (χ2v) is 9.80. The van der Waals surface area contributed by atoms with Gasteiger partial charge in [-0.1, -0.05) is 18.2 Å². The Morgan fingerprint density at radius 2 is 1.94 bits per heavy atom. The SMILES string of the molecule is C[C@H]1CCN(C(=O)c2ccc(-c3ccc4[nH]ccc4c3)c(OCCCN(C)C)c2)c2ccccc2N1. The molecule has 0 spiro atoms. The highest BCUT2D eigenvalue weighted by atomic mass is 16.5. The summed E-state index contributed by atoms with van der Waals surface area (Å²) in [4.78, 5) is 21.1. The van der Waals surface area contributed by atoms with Crippen molar-refractivity contribution in [2.24, 2.45) is 0 Å². The molecule has 4 aromatic rings. The average molecular weight is 483 g/mol. The lowest BCUT2D eigenvalue weighted by atomic mass is 10.0. The zero-order valence-corrected chi connectivity index (χ0v) is 21.3. The lowest BCUT2D eigenvalue weighted by molar-refractivity contribution is 0.0986. The van der Waals surface area contributed by atoms with Crippen molar-refractivity contribution in [3.05, 3.63) is 78.5 Å². The maximum Gasteiger partial charge on any atom is 0.258 e. The van der Waals surface area contributed by atoms with Gasteiger partial charge < -0.3 is 24.8 Å². The molecule has 0 unspecified atom stereocenters. The number of carbonyl (C=O) groups is 1. The normalized spacial score (nSPS) is 15.4. The molecule has 6 nitrogen and oxygen atoms in total. The van der Waals surface area contributed by atoms with Gasteiger partial charge in [0.1, 0.15) is 5.75 Å². The molecule has 3 aromatic carbocycles. The summed E-state index contributed by atoms with van der Waals surface area (Å²) >= 11 is 0. The minimum Gasteiger partial charge on any atom is -0.493 e. The Hall–Kier alpha value is -3.77. The molecule has 0 bridgehead atoms. The molecule has 186 valence electrons. The number of ether oxygens (including phenoxy) is 1. The zero-order valence-electron chi connectivity index (χ0n) is 21.3. The molecule has 6 heteroatoms. The van der Waals surface area contributed by atoms with E-state index in [1.54, 1.807) is 0 Å². The van der Waals surface area contributed by atoms with E-state index in [1.807, 2.05) is 53.6 Å². The first kappa shape index (κ1) is 23.9. The summed E-state index contributed by atoms with van der Waals surface area (Å²) in [7, 11) is 4.12. The van der Waals surface area contributed by atoms with Crippen molar-refractivity contribution in [1.29, 1.82) is 0 Å². The van der Waals surface area contributed by atoms with Crippen molar-refractivity contribution < 1.29 is 9.53 Å². The molecule has 1 aliphatic rings. The summed E-state index contributed by atoms with van der Waals surface area (Å²) in [5.41, 5.74) is 5.71. The molecule has 5 rings (SSSR count). The molecule has 2 N–H and O–H groups in total. The van der Waals surface area contributed by atoms with Crippen LogP contribution in [0.15, 0.2) is 72.9 Å². The zero-order chi connectivity index (χ0) is 25.1. The van der Waals surface area contributed by atoms with Crippen LogP contribution >= 0.6 is 0 Å². The van der Waals surface area contributed by atoms with E-state index in [0.29, 0.717) is 24.8 Å². The smallest absolute Gasteiger partial charge is 0.258 e. The van der Waals surface area contributed by atoms with Gasteiger partial charge in [0, 0.05) is 42.0 Å². The van der Waals surface area contributed by atoms with E-state index in [4.69, 9.17) is 4.74 Å². The lowest BCUT2D eigenvalue weighted by Gasteiger charge is -2.23. The molecule has 0 fully saturated rings. The summed E-state index contributed by atoms with van der Waals surface area (Å²) in [5, 5.41) is 4.68. The number of aromatic amines is 1. The third kappa shape index (κ3) is 5.09. The Labute approximate surface area is 212 Å². The van der Waals surface area contributed by atoms with Crippen LogP contribution in [0.2, 0.25) is 0 Å². The molecular formula is C30H34N4O2. The Bertz CT molecular complexity index is 1360. The summed E-state index contributed by atoms with van der Waals surface area (Å²) < 4.78 is 6.31. The fraction of sp³-hybridized carbons (Fsp3) is 0.300. The van der Waals surface area contributed by atoms with Crippen LogP contribution in [0.4, 0.5) is 11.4 Å². The molecule has 36 heavy (non-hydrogen) atoms. The number of anilines is 2. The molecule has 0 radical (unpaired) electrons. The molecule has 0 saturated heterocycles. The second kappa shape index (κ2) is 10.5. The van der Waals surface area contributed by atoms with E-state index >= 15 is 0 Å². The van der Waals surface area contributed by atoms with E-state index in [9.17, 15) is 4.79 Å². The predicted octanol–water partition coefficient (Wildman–Crippen LogP) is 6.02. The monoisotopic (exact) mass is 482 g/mol. The van der Waals surface area contributed by atoms with E-state index < -0.39 is 0 Å². The number of para-hydroxylation sites is 2. The Morgan fingerprint density at radius 3 is 2.81 bits per heavy atom. The summed E-state index contributed by atoms with van der Waals surface area (Å²) in [6.07, 6.45) is 3.73. The van der Waals surface area contributed by atoms with Crippen molar-refractivity contribution in [3.63, 3.8) is 0 Å². The van der Waals surface area contributed by atoms with Crippen LogP contribution in [-0.2, 0) is 0 Å². The average Bonchev–Trinajstić information content (AvgIpc) is 3.28. The van der Waals surface area contributed by atoms with E-state index in [0.717, 1.165) is 58.5 Å². The Morgan fingerprint density at radius 1 is 1.08 bits per heavy atom. The highest BCUT2D eigenvalue weighted by molar-refractivity contribution is 6.08. The summed E-state index contributed by atoms with van der Waals surface area (Å²) in [6.45, 7) is 4.34. The highest BCUT2D eigenvalue weighted by Gasteiger charge is 2.25. The summed E-state index contributed by atoms with van der Waals surface area (Å²) in [6, 6.07) is 22.6. The quantitative estimate of drug-likeness (QED) is 0.317. The maximum atomic E-state index is 13.8. The number of H-pyrrole nitrogens is 1. The van der Waals surface area contributed by atoms with Crippen molar-refractivity contribution in [1.82, 2.24) is 9.88 Å². The van der Waals surface area contributed by atoms with Gasteiger partial charge in [-0.2, -0.15) is 0 Å². The largest absolute Gasteiger partial charge is 0.493 e. The van der Waals surface area contributed by atoms with Gasteiger partial charge in [0.25, 0.3) is 5.91 Å². The number of amides is 1. The number of rotatable bonds is 7. The van der Waals surface area contributed by atoms with Crippen LogP contribution < -0.4 is 15.0 Å². The van der Waals surface area contributed by atoms with Gasteiger partial charge in [-0.05, 0) is 93.3 Å². The van der Waals surface area contributed by atoms with Crippen molar-refractivity contribution in [2.75, 3.05) is 44.0 Å². The molecule has 1 aromatic heterocycles. The number of carbonyl (C=O) groups excluding carboxylic acids is 1. The van der Waals surface area contributed by atoms with Gasteiger partial charge in [0.15, 0.2) is 0 Å². The number of fused-ring (bicyclic) bond motifs is 2. The van der Waals surface area contributed by atoms with Gasteiger partial charge >= 0.3 is 0 Å². The van der Waals surface area contributed by atoms with E-state index in [1.165, 1.54) is 0 Å². The number of benzene rings is 3. The number of hydrogen-bond donors (Lipinski definition) is 2. The highest BCUT2D eigenvalue weighted by Crippen LogP contribution is 2.35. The topological polar surface area (TPSA) is 60.6 Å². The Kier molecular flexibility index (Phi) is 6.96. The van der Waals surface area contributed by atoms with Crippen molar-refractivity contribution in [2.45, 2.75) is 25.8 Å². The van der Waals surface area contributed by atoms with Gasteiger partial charge in [-0.15, -0.1) is 0 Å². The molecule has 1 amide bonds. The number of nitrogens with one attached hydrogen (secondary N) is 2. The minimum atomic E-state index is -0.0101. The molecule has 0 aliphatic carbocycles. The Balaban J connectivity index is 1.49. The number of aromatic nitrogens is 1. The van der Waals surface area contributed by atoms with Crippen LogP contribution in [0.1, 0.15) is 30.1 Å². The number of nitrogens with zero attached hydrogens (tertiary/aromatic N) is 2. The molecule has 2 heterocycles. The third-order valence-corrected chi connectivity index (χ3v) is 6.73. The molecule has 0 saturated carbocycles. The third-order valence-electron chi connectivity index (χ3n) is 6.73. The van der Waals surface area contributed by atoms with Crippen LogP contribution in [0.25, 0.3) is 22.0 Å². The fourth-order valence-electron chi connectivity index (χ4n) is 4.78. The van der Waals surface area contributed by atoms with Crippen LogP contribution in [0, 0.1) is 0 Å². The first-order chi connectivity index (χ1) is 17.5. The minimum absolute atomic E-state index is 0.0101. The van der Waals surface area contributed by atoms with Gasteiger partial charge in [0.2, 0.25) is 0 Å². The van der Waals surface area contributed by atoms with E-state index in [-0.39, 0.29) is 5.91 Å². The lowest BCUT2D eigenvalue weighted by Crippen LogP contribution is -2.32. The second-order valence-electron chi connectivity index (χ2n) is 9.80. The van der Waals surface area contributed by atoms with Crippen molar-refractivity contribution >= 4 is 28.2 Å². The first-order valence-electron chi connectivity index (χ1n) is 12.7. The fourth-order valence-corrected chi connectivity index (χ4v) is 4.78. The van der Waals surface area contributed by atoms with E-state index in [2.05, 4.69) is 60.5 Å². The van der Waals surface area contributed by atoms with Crippen LogP contribution in [0.3, 0.4) is 0 Å². The number of hydrogen-bond acceptors (Lipinski definition) is 4. The molecular weight excluding hydrogens is 448 g/mol. The van der Waals surface area contributed by atoms with Crippen molar-refractivity contribution in [3.8, 4) is 16.9 Å². The molecule has 1 atom stereocenters. The summed E-state index contributed by atoms with van der Waals surface area (Å²) in [5.74, 6) is 0.730.